The van der Waals surface area contributed by atoms with Crippen molar-refractivity contribution >= 4 is 34.6 Å². The highest BCUT2D eigenvalue weighted by atomic mass is 32.2. The van der Waals surface area contributed by atoms with Gasteiger partial charge in [-0.1, -0.05) is 42.1 Å². The number of carbonyl (C=O) groups is 2. The van der Waals surface area contributed by atoms with Gasteiger partial charge < -0.3 is 14.5 Å². The first kappa shape index (κ1) is 19.9. The molecule has 2 aromatic carbocycles. The second-order valence-corrected chi connectivity index (χ2v) is 6.96. The molecule has 1 N–H and O–H groups in total. The van der Waals surface area contributed by atoms with E-state index >= 15 is 0 Å². The fraction of sp³-hybridized carbons (Fsp3) is 0.200. The maximum Gasteiger partial charge on any atom is 0.339 e. The van der Waals surface area contributed by atoms with Crippen molar-refractivity contribution in [1.29, 1.82) is 0 Å². The molecule has 0 spiro atoms. The van der Waals surface area contributed by atoms with E-state index in [4.69, 9.17) is 9.15 Å². The number of amides is 1. The Morgan fingerprint density at radius 1 is 1.14 bits per heavy atom. The normalized spacial score (nSPS) is 12.1. The van der Waals surface area contributed by atoms with Gasteiger partial charge in [-0.3, -0.25) is 4.79 Å². The minimum Gasteiger partial charge on any atom is -0.459 e. The summed E-state index contributed by atoms with van der Waals surface area (Å²) in [6.45, 7) is 1.21. The first-order chi connectivity index (χ1) is 13.4. The van der Waals surface area contributed by atoms with Crippen LogP contribution >= 0.6 is 11.8 Å². The molecule has 1 heterocycles. The Labute approximate surface area is 164 Å². The van der Waals surface area contributed by atoms with Gasteiger partial charge in [-0.05, 0) is 31.2 Å². The summed E-state index contributed by atoms with van der Waals surface area (Å²) in [6.07, 6.45) is 0. The Morgan fingerprint density at radius 2 is 1.86 bits per heavy atom. The Morgan fingerprint density at radius 3 is 2.61 bits per heavy atom. The maximum atomic E-state index is 12.6. The van der Waals surface area contributed by atoms with Crippen LogP contribution in [0.5, 0.6) is 0 Å². The summed E-state index contributed by atoms with van der Waals surface area (Å²) < 4.78 is 35.8. The Balaban J connectivity index is 1.57. The second kappa shape index (κ2) is 8.88. The zero-order chi connectivity index (χ0) is 20.1. The summed E-state index contributed by atoms with van der Waals surface area (Å²) in [5.41, 5.74) is 0.698. The maximum absolute atomic E-state index is 12.6. The number of furan rings is 1. The van der Waals surface area contributed by atoms with E-state index in [2.05, 4.69) is 5.32 Å². The van der Waals surface area contributed by atoms with Crippen molar-refractivity contribution in [3.05, 3.63) is 65.9 Å². The predicted molar refractivity (Wildman–Crippen MR) is 101 cm³/mol. The van der Waals surface area contributed by atoms with Crippen LogP contribution in [0, 0.1) is 0 Å². The average Bonchev–Trinajstić information content (AvgIpc) is 3.10. The van der Waals surface area contributed by atoms with E-state index in [1.54, 1.807) is 13.0 Å². The molecule has 28 heavy (non-hydrogen) atoms. The smallest absolute Gasteiger partial charge is 0.339 e. The van der Waals surface area contributed by atoms with Crippen molar-refractivity contribution < 1.29 is 27.5 Å². The molecule has 0 bridgehead atoms. The van der Waals surface area contributed by atoms with Crippen LogP contribution in [-0.2, 0) is 9.53 Å². The van der Waals surface area contributed by atoms with E-state index in [0.717, 1.165) is 5.39 Å². The lowest BCUT2D eigenvalue weighted by Gasteiger charge is -2.12. The van der Waals surface area contributed by atoms with Crippen molar-refractivity contribution in [2.45, 2.75) is 23.6 Å². The minimum atomic E-state index is -2.66. The number of thioether (sulfide) groups is 1. The lowest BCUT2D eigenvalue weighted by Crippen LogP contribution is -2.31. The number of hydrogen-bond donors (Lipinski definition) is 1. The number of fused-ring (bicyclic) bond motifs is 1. The SMILES string of the molecule is C[C@H](NC(=O)COC(=O)c1ccccc1SC(F)F)c1cc2ccccc2o1. The highest BCUT2D eigenvalue weighted by Crippen LogP contribution is 2.28. The fourth-order valence-corrected chi connectivity index (χ4v) is 3.24. The number of benzene rings is 2. The zero-order valence-corrected chi connectivity index (χ0v) is 15.7. The van der Waals surface area contributed by atoms with E-state index < -0.39 is 30.3 Å². The third-order valence-corrected chi connectivity index (χ3v) is 4.69. The highest BCUT2D eigenvalue weighted by Gasteiger charge is 2.19. The van der Waals surface area contributed by atoms with Crippen LogP contribution in [0.2, 0.25) is 0 Å². The number of para-hydroxylation sites is 1. The highest BCUT2D eigenvalue weighted by molar-refractivity contribution is 7.99. The van der Waals surface area contributed by atoms with E-state index in [-0.39, 0.29) is 22.2 Å². The predicted octanol–water partition coefficient (Wildman–Crippen LogP) is 4.78. The Kier molecular flexibility index (Phi) is 6.30. The van der Waals surface area contributed by atoms with Gasteiger partial charge in [-0.2, -0.15) is 8.78 Å². The third kappa shape index (κ3) is 4.89. The van der Waals surface area contributed by atoms with Crippen LogP contribution in [0.3, 0.4) is 0 Å². The van der Waals surface area contributed by atoms with Crippen molar-refractivity contribution in [2.24, 2.45) is 0 Å². The summed E-state index contributed by atoms with van der Waals surface area (Å²) in [6, 6.07) is 14.7. The Bertz CT molecular complexity index is 956. The fourth-order valence-electron chi connectivity index (χ4n) is 2.61. The molecule has 0 aliphatic rings. The molecular weight excluding hydrogens is 388 g/mol. The number of alkyl halides is 2. The molecule has 0 aliphatic carbocycles. The van der Waals surface area contributed by atoms with Gasteiger partial charge in [-0.25, -0.2) is 4.79 Å². The molecule has 5 nitrogen and oxygen atoms in total. The van der Waals surface area contributed by atoms with E-state index in [9.17, 15) is 18.4 Å². The van der Waals surface area contributed by atoms with E-state index in [0.29, 0.717) is 11.3 Å². The van der Waals surface area contributed by atoms with Crippen molar-refractivity contribution in [3.63, 3.8) is 0 Å². The van der Waals surface area contributed by atoms with Crippen LogP contribution < -0.4 is 5.32 Å². The standard InChI is InChI=1S/C20H17F2NO4S/c1-12(16-10-13-6-2-4-8-15(13)27-16)23-18(24)11-26-19(25)14-7-3-5-9-17(14)28-20(21)22/h2-10,12,20H,11H2,1H3,(H,23,24)/t12-/m0/s1. The number of rotatable bonds is 7. The van der Waals surface area contributed by atoms with Crippen LogP contribution in [0.1, 0.15) is 29.1 Å². The van der Waals surface area contributed by atoms with Crippen LogP contribution in [0.15, 0.2) is 63.9 Å². The summed E-state index contributed by atoms with van der Waals surface area (Å²) in [4.78, 5) is 24.3. The number of nitrogens with one attached hydrogen (secondary N) is 1. The van der Waals surface area contributed by atoms with Crippen molar-refractivity contribution in [3.8, 4) is 0 Å². The molecule has 1 amide bonds. The monoisotopic (exact) mass is 405 g/mol. The topological polar surface area (TPSA) is 68.5 Å². The van der Waals surface area contributed by atoms with Crippen molar-refractivity contribution in [1.82, 2.24) is 5.32 Å². The van der Waals surface area contributed by atoms with Gasteiger partial charge in [0.15, 0.2) is 6.61 Å². The van der Waals surface area contributed by atoms with Gasteiger partial charge in [0.2, 0.25) is 0 Å². The van der Waals surface area contributed by atoms with E-state index in [1.165, 1.54) is 18.2 Å². The zero-order valence-electron chi connectivity index (χ0n) is 14.9. The average molecular weight is 405 g/mol. The molecule has 0 saturated carbocycles. The third-order valence-electron chi connectivity index (χ3n) is 3.91. The first-order valence-electron chi connectivity index (χ1n) is 8.43. The van der Waals surface area contributed by atoms with Crippen LogP contribution in [0.4, 0.5) is 8.78 Å². The first-order valence-corrected chi connectivity index (χ1v) is 9.31. The molecule has 0 aliphatic heterocycles. The molecule has 1 atom stereocenters. The number of ether oxygens (including phenoxy) is 1. The largest absolute Gasteiger partial charge is 0.459 e. The van der Waals surface area contributed by atoms with Crippen LogP contribution in [0.25, 0.3) is 11.0 Å². The van der Waals surface area contributed by atoms with Crippen LogP contribution in [-0.4, -0.2) is 24.2 Å². The molecule has 0 radical (unpaired) electrons. The van der Waals surface area contributed by atoms with E-state index in [1.807, 2.05) is 30.3 Å². The number of carbonyl (C=O) groups excluding carboxylic acids is 2. The molecule has 3 aromatic rings. The molecule has 3 rings (SSSR count). The lowest BCUT2D eigenvalue weighted by molar-refractivity contribution is -0.125. The van der Waals surface area contributed by atoms with Gasteiger partial charge in [0, 0.05) is 10.3 Å². The quantitative estimate of drug-likeness (QED) is 0.453. The van der Waals surface area contributed by atoms with Gasteiger partial charge in [0.05, 0.1) is 11.6 Å². The van der Waals surface area contributed by atoms with Gasteiger partial charge in [0.25, 0.3) is 11.7 Å². The summed E-state index contributed by atoms with van der Waals surface area (Å²) in [5.74, 6) is -3.46. The number of esters is 1. The molecule has 0 fully saturated rings. The number of hydrogen-bond acceptors (Lipinski definition) is 5. The molecule has 8 heteroatoms. The number of halogens is 2. The lowest BCUT2D eigenvalue weighted by atomic mass is 10.2. The summed E-state index contributed by atoms with van der Waals surface area (Å²) in [7, 11) is 0. The summed E-state index contributed by atoms with van der Waals surface area (Å²) in [5, 5.41) is 3.59. The van der Waals surface area contributed by atoms with Gasteiger partial charge >= 0.3 is 5.97 Å². The molecule has 146 valence electrons. The second-order valence-electron chi connectivity index (χ2n) is 5.93. The Hall–Kier alpha value is -2.87. The molecule has 0 unspecified atom stereocenters. The summed E-state index contributed by atoms with van der Waals surface area (Å²) >= 11 is 0.250. The van der Waals surface area contributed by atoms with Gasteiger partial charge in [-0.15, -0.1) is 0 Å². The molecule has 1 aromatic heterocycles. The molecule has 0 saturated heterocycles. The molecular formula is C20H17F2NO4S. The van der Waals surface area contributed by atoms with Crippen molar-refractivity contribution in [2.75, 3.05) is 6.61 Å². The van der Waals surface area contributed by atoms with Gasteiger partial charge in [0.1, 0.15) is 11.3 Å². The minimum absolute atomic E-state index is 0.00840.